The van der Waals surface area contributed by atoms with Gasteiger partial charge in [0.25, 0.3) is 0 Å². The van der Waals surface area contributed by atoms with Gasteiger partial charge in [-0.15, -0.1) is 11.3 Å². The first-order valence-corrected chi connectivity index (χ1v) is 8.02. The van der Waals surface area contributed by atoms with E-state index in [-0.39, 0.29) is 13.2 Å². The highest BCUT2D eigenvalue weighted by Gasteiger charge is 2.15. The molecule has 0 spiro atoms. The number of benzene rings is 1. The molecular weight excluding hydrogens is 284 g/mol. The summed E-state index contributed by atoms with van der Waals surface area (Å²) in [6.45, 7) is 3.22. The molecule has 1 aromatic carbocycles. The number of nitrogens with two attached hydrogens (primary N) is 1. The molecule has 0 bridgehead atoms. The molecule has 5 heteroatoms. The molecule has 21 heavy (non-hydrogen) atoms. The van der Waals surface area contributed by atoms with E-state index in [1.807, 2.05) is 23.1 Å². The molecule has 0 saturated heterocycles. The Balaban J connectivity index is 2.51. The summed E-state index contributed by atoms with van der Waals surface area (Å²) in [4.78, 5) is 3.31. The fraction of sp³-hybridized carbons (Fsp3) is 0.375. The van der Waals surface area contributed by atoms with Crippen LogP contribution in [0.5, 0.6) is 0 Å². The average molecular weight is 306 g/mol. The Hall–Kier alpha value is -1.56. The van der Waals surface area contributed by atoms with Crippen LogP contribution in [0, 0.1) is 0 Å². The van der Waals surface area contributed by atoms with Crippen LogP contribution in [0.2, 0.25) is 0 Å². The average Bonchev–Trinajstić information content (AvgIpc) is 2.95. The van der Waals surface area contributed by atoms with Crippen molar-refractivity contribution >= 4 is 22.7 Å². The molecule has 4 nitrogen and oxygen atoms in total. The highest BCUT2D eigenvalue weighted by atomic mass is 32.1. The molecule has 0 radical (unpaired) electrons. The van der Waals surface area contributed by atoms with Crippen LogP contribution >= 0.6 is 11.3 Å². The molecule has 0 aliphatic heterocycles. The van der Waals surface area contributed by atoms with E-state index in [0.717, 1.165) is 23.4 Å². The second-order valence-electron chi connectivity index (χ2n) is 4.82. The maximum Gasteiger partial charge on any atom is 0.0606 e. The van der Waals surface area contributed by atoms with Crippen molar-refractivity contribution in [2.75, 3.05) is 36.9 Å². The van der Waals surface area contributed by atoms with E-state index in [2.05, 4.69) is 18.4 Å². The van der Waals surface area contributed by atoms with Crippen LogP contribution in [0.4, 0.5) is 11.4 Å². The van der Waals surface area contributed by atoms with Gasteiger partial charge in [0.1, 0.15) is 0 Å². The molecular formula is C16H22N2O2S. The van der Waals surface area contributed by atoms with Crippen LogP contribution in [0.1, 0.15) is 11.8 Å². The molecule has 2 aromatic rings. The van der Waals surface area contributed by atoms with Crippen molar-refractivity contribution in [2.24, 2.45) is 0 Å². The lowest BCUT2D eigenvalue weighted by atomic mass is 10.0. The minimum Gasteiger partial charge on any atom is -0.399 e. The van der Waals surface area contributed by atoms with E-state index in [0.29, 0.717) is 13.1 Å². The number of hydrogen-bond acceptors (Lipinski definition) is 5. The van der Waals surface area contributed by atoms with Crippen LogP contribution in [0.15, 0.2) is 29.6 Å². The van der Waals surface area contributed by atoms with E-state index in [1.165, 1.54) is 10.4 Å². The van der Waals surface area contributed by atoms with Crippen molar-refractivity contribution < 1.29 is 10.2 Å². The molecule has 0 aliphatic carbocycles. The highest BCUT2D eigenvalue weighted by molar-refractivity contribution is 7.10. The SMILES string of the molecule is CCc1sccc1-c1cc(N)ccc1N(CCO)CCO. The molecule has 0 atom stereocenters. The number of thiophene rings is 1. The molecule has 0 unspecified atom stereocenters. The van der Waals surface area contributed by atoms with Gasteiger partial charge in [0.15, 0.2) is 0 Å². The van der Waals surface area contributed by atoms with Crippen molar-refractivity contribution in [3.8, 4) is 11.1 Å². The lowest BCUT2D eigenvalue weighted by Crippen LogP contribution is -2.30. The molecule has 4 N–H and O–H groups in total. The number of hydrogen-bond donors (Lipinski definition) is 3. The third kappa shape index (κ3) is 3.56. The van der Waals surface area contributed by atoms with Gasteiger partial charge >= 0.3 is 0 Å². The van der Waals surface area contributed by atoms with Gasteiger partial charge in [0.2, 0.25) is 0 Å². The van der Waals surface area contributed by atoms with Gasteiger partial charge in [-0.3, -0.25) is 0 Å². The molecule has 0 aliphatic rings. The number of aliphatic hydroxyl groups excluding tert-OH is 2. The van der Waals surface area contributed by atoms with Gasteiger partial charge in [-0.1, -0.05) is 6.92 Å². The van der Waals surface area contributed by atoms with Crippen LogP contribution in [0.3, 0.4) is 0 Å². The van der Waals surface area contributed by atoms with Gasteiger partial charge < -0.3 is 20.8 Å². The molecule has 0 fully saturated rings. The van der Waals surface area contributed by atoms with Crippen molar-refractivity contribution in [1.29, 1.82) is 0 Å². The Labute approximate surface area is 129 Å². The smallest absolute Gasteiger partial charge is 0.0606 e. The second-order valence-corrected chi connectivity index (χ2v) is 5.82. The third-order valence-electron chi connectivity index (χ3n) is 3.46. The first kappa shape index (κ1) is 15.8. The van der Waals surface area contributed by atoms with E-state index in [9.17, 15) is 10.2 Å². The van der Waals surface area contributed by atoms with E-state index >= 15 is 0 Å². The van der Waals surface area contributed by atoms with Crippen molar-refractivity contribution in [3.63, 3.8) is 0 Å². The van der Waals surface area contributed by atoms with Gasteiger partial charge in [-0.05, 0) is 41.6 Å². The second kappa shape index (κ2) is 7.45. The number of aliphatic hydroxyl groups is 2. The predicted molar refractivity (Wildman–Crippen MR) is 89.9 cm³/mol. The number of anilines is 2. The van der Waals surface area contributed by atoms with E-state index in [1.54, 1.807) is 11.3 Å². The van der Waals surface area contributed by atoms with Crippen LogP contribution < -0.4 is 10.6 Å². The highest BCUT2D eigenvalue weighted by Crippen LogP contribution is 2.37. The normalized spacial score (nSPS) is 10.8. The summed E-state index contributed by atoms with van der Waals surface area (Å²) in [5.41, 5.74) is 9.93. The fourth-order valence-electron chi connectivity index (χ4n) is 2.49. The third-order valence-corrected chi connectivity index (χ3v) is 4.52. The van der Waals surface area contributed by atoms with Gasteiger partial charge in [0.05, 0.1) is 13.2 Å². The van der Waals surface area contributed by atoms with Crippen LogP contribution in [-0.4, -0.2) is 36.5 Å². The van der Waals surface area contributed by atoms with Crippen LogP contribution in [0.25, 0.3) is 11.1 Å². The van der Waals surface area contributed by atoms with Gasteiger partial charge in [-0.2, -0.15) is 0 Å². The van der Waals surface area contributed by atoms with E-state index < -0.39 is 0 Å². The Morgan fingerprint density at radius 2 is 1.81 bits per heavy atom. The predicted octanol–water partition coefficient (Wildman–Crippen LogP) is 2.35. The monoisotopic (exact) mass is 306 g/mol. The quantitative estimate of drug-likeness (QED) is 0.687. The zero-order chi connectivity index (χ0) is 15.2. The first-order valence-electron chi connectivity index (χ1n) is 7.14. The zero-order valence-electron chi connectivity index (χ0n) is 12.2. The fourth-order valence-corrected chi connectivity index (χ4v) is 3.33. The lowest BCUT2D eigenvalue weighted by Gasteiger charge is -2.26. The van der Waals surface area contributed by atoms with Gasteiger partial charge in [-0.25, -0.2) is 0 Å². The number of aryl methyl sites for hydroxylation is 1. The molecule has 0 amide bonds. The Bertz CT molecular complexity index is 577. The number of nitrogens with zero attached hydrogens (tertiary/aromatic N) is 1. The lowest BCUT2D eigenvalue weighted by molar-refractivity contribution is 0.281. The summed E-state index contributed by atoms with van der Waals surface area (Å²) in [5, 5.41) is 20.6. The molecule has 0 saturated carbocycles. The van der Waals surface area contributed by atoms with Gasteiger partial charge in [0, 0.05) is 34.9 Å². The Kier molecular flexibility index (Phi) is 5.61. The van der Waals surface area contributed by atoms with Crippen LogP contribution in [-0.2, 0) is 6.42 Å². The Morgan fingerprint density at radius 1 is 1.10 bits per heavy atom. The topological polar surface area (TPSA) is 69.7 Å². The minimum atomic E-state index is 0.0497. The number of rotatable bonds is 7. The maximum atomic E-state index is 9.26. The maximum absolute atomic E-state index is 9.26. The summed E-state index contributed by atoms with van der Waals surface area (Å²) in [6.07, 6.45) is 0.973. The summed E-state index contributed by atoms with van der Waals surface area (Å²) in [5.74, 6) is 0. The van der Waals surface area contributed by atoms with Crippen molar-refractivity contribution in [2.45, 2.75) is 13.3 Å². The summed E-state index contributed by atoms with van der Waals surface area (Å²) in [7, 11) is 0. The summed E-state index contributed by atoms with van der Waals surface area (Å²) in [6, 6.07) is 7.90. The Morgan fingerprint density at radius 3 is 2.43 bits per heavy atom. The molecule has 1 aromatic heterocycles. The molecule has 2 rings (SSSR count). The molecule has 1 heterocycles. The van der Waals surface area contributed by atoms with E-state index in [4.69, 9.17) is 5.73 Å². The van der Waals surface area contributed by atoms with Crippen molar-refractivity contribution in [3.05, 3.63) is 34.5 Å². The van der Waals surface area contributed by atoms with Crippen molar-refractivity contribution in [1.82, 2.24) is 0 Å². The standard InChI is InChI=1S/C16H22N2O2S/c1-2-16-13(5-10-21-16)14-11-12(17)3-4-15(14)18(6-8-19)7-9-20/h3-5,10-11,19-20H,2,6-9,17H2,1H3. The summed E-state index contributed by atoms with van der Waals surface area (Å²) >= 11 is 1.74. The number of nitrogen functional groups attached to an aromatic ring is 1. The molecule has 114 valence electrons. The zero-order valence-corrected chi connectivity index (χ0v) is 13.1. The first-order chi connectivity index (χ1) is 10.2. The largest absolute Gasteiger partial charge is 0.399 e. The minimum absolute atomic E-state index is 0.0497. The summed E-state index contributed by atoms with van der Waals surface area (Å²) < 4.78 is 0.